The average molecular weight is 232 g/mol. The molecule has 2 heteroatoms. The summed E-state index contributed by atoms with van der Waals surface area (Å²) in [5, 5.41) is 1.51. The monoisotopic (exact) mass is 231 g/mol. The molecule has 3 rings (SSSR count). The van der Waals surface area contributed by atoms with E-state index in [2.05, 4.69) is 23.2 Å². The average Bonchev–Trinajstić information content (AvgIpc) is 2.75. The molecule has 16 heavy (non-hydrogen) atoms. The Hall–Kier alpha value is -1.08. The summed E-state index contributed by atoms with van der Waals surface area (Å²) in [6.07, 6.45) is 5.58. The second kappa shape index (κ2) is 4.06. The Kier molecular flexibility index (Phi) is 2.56. The molecule has 1 aromatic heterocycles. The second-order valence-corrected chi connectivity index (χ2v) is 5.08. The quantitative estimate of drug-likeness (QED) is 0.673. The Bertz CT molecular complexity index is 509. The van der Waals surface area contributed by atoms with Crippen molar-refractivity contribution in [2.45, 2.75) is 30.6 Å². The SMILES string of the molecule is ClC1CCCC1c1cnc2ccccc2c1. The highest BCUT2D eigenvalue weighted by atomic mass is 35.5. The molecular weight excluding hydrogens is 218 g/mol. The number of halogens is 1. The topological polar surface area (TPSA) is 12.9 Å². The van der Waals surface area contributed by atoms with E-state index in [1.165, 1.54) is 23.8 Å². The van der Waals surface area contributed by atoms with Crippen LogP contribution in [-0.4, -0.2) is 10.4 Å². The molecule has 0 N–H and O–H groups in total. The minimum atomic E-state index is 0.294. The molecule has 1 fully saturated rings. The molecule has 0 amide bonds. The van der Waals surface area contributed by atoms with Gasteiger partial charge in [0.25, 0.3) is 0 Å². The van der Waals surface area contributed by atoms with E-state index in [9.17, 15) is 0 Å². The van der Waals surface area contributed by atoms with Crippen LogP contribution < -0.4 is 0 Å². The Morgan fingerprint density at radius 1 is 1.19 bits per heavy atom. The molecule has 2 unspecified atom stereocenters. The van der Waals surface area contributed by atoms with Crippen LogP contribution in [0.4, 0.5) is 0 Å². The van der Waals surface area contributed by atoms with E-state index in [4.69, 9.17) is 11.6 Å². The highest BCUT2D eigenvalue weighted by molar-refractivity contribution is 6.21. The van der Waals surface area contributed by atoms with Crippen LogP contribution in [0, 0.1) is 0 Å². The van der Waals surface area contributed by atoms with Crippen molar-refractivity contribution in [2.75, 3.05) is 0 Å². The number of para-hydroxylation sites is 1. The van der Waals surface area contributed by atoms with Gasteiger partial charge in [0.2, 0.25) is 0 Å². The lowest BCUT2D eigenvalue weighted by Crippen LogP contribution is -2.05. The summed E-state index contributed by atoms with van der Waals surface area (Å²) in [6.45, 7) is 0. The van der Waals surface area contributed by atoms with Gasteiger partial charge in [0.1, 0.15) is 0 Å². The number of aromatic nitrogens is 1. The van der Waals surface area contributed by atoms with Crippen molar-refractivity contribution in [3.63, 3.8) is 0 Å². The van der Waals surface area contributed by atoms with E-state index in [0.717, 1.165) is 11.9 Å². The van der Waals surface area contributed by atoms with Crippen LogP contribution >= 0.6 is 11.6 Å². The summed E-state index contributed by atoms with van der Waals surface area (Å²) < 4.78 is 0. The molecule has 1 heterocycles. The van der Waals surface area contributed by atoms with E-state index in [0.29, 0.717) is 11.3 Å². The maximum absolute atomic E-state index is 6.34. The Labute approximate surface area is 100 Å². The molecule has 2 aromatic rings. The van der Waals surface area contributed by atoms with Gasteiger partial charge in [-0.05, 0) is 30.5 Å². The van der Waals surface area contributed by atoms with E-state index in [1.54, 1.807) is 0 Å². The molecule has 1 aliphatic rings. The van der Waals surface area contributed by atoms with Crippen LogP contribution in [0.25, 0.3) is 10.9 Å². The molecule has 0 aliphatic heterocycles. The molecule has 0 bridgehead atoms. The van der Waals surface area contributed by atoms with Crippen molar-refractivity contribution in [2.24, 2.45) is 0 Å². The van der Waals surface area contributed by atoms with Gasteiger partial charge in [-0.15, -0.1) is 11.6 Å². The third-order valence-corrected chi connectivity index (χ3v) is 3.99. The summed E-state index contributed by atoms with van der Waals surface area (Å²) in [6, 6.07) is 10.5. The minimum Gasteiger partial charge on any atom is -0.256 e. The van der Waals surface area contributed by atoms with Gasteiger partial charge in [0.05, 0.1) is 5.52 Å². The van der Waals surface area contributed by atoms with Crippen LogP contribution in [0.15, 0.2) is 36.5 Å². The standard InChI is InChI=1S/C14H14ClN/c15-13-6-3-5-12(13)11-8-10-4-1-2-7-14(10)16-9-11/h1-2,4,7-9,12-13H,3,5-6H2. The fourth-order valence-corrected chi connectivity index (χ4v) is 3.01. The van der Waals surface area contributed by atoms with Crippen molar-refractivity contribution in [3.8, 4) is 0 Å². The fraction of sp³-hybridized carbons (Fsp3) is 0.357. The van der Waals surface area contributed by atoms with E-state index < -0.39 is 0 Å². The van der Waals surface area contributed by atoms with Crippen LogP contribution in [0.3, 0.4) is 0 Å². The summed E-state index contributed by atoms with van der Waals surface area (Å²) >= 11 is 6.34. The Morgan fingerprint density at radius 2 is 2.06 bits per heavy atom. The molecular formula is C14H14ClN. The van der Waals surface area contributed by atoms with Gasteiger partial charge in [-0.1, -0.05) is 24.6 Å². The van der Waals surface area contributed by atoms with Crippen LogP contribution in [0.2, 0.25) is 0 Å². The minimum absolute atomic E-state index is 0.294. The summed E-state index contributed by atoms with van der Waals surface area (Å²) in [5.74, 6) is 0.499. The molecule has 2 atom stereocenters. The highest BCUT2D eigenvalue weighted by Crippen LogP contribution is 2.38. The first-order valence-corrected chi connectivity index (χ1v) is 6.27. The first kappa shape index (κ1) is 10.1. The first-order valence-electron chi connectivity index (χ1n) is 5.83. The van der Waals surface area contributed by atoms with Crippen molar-refractivity contribution in [1.82, 2.24) is 4.98 Å². The zero-order valence-corrected chi connectivity index (χ0v) is 9.82. The molecule has 1 aliphatic carbocycles. The number of hydrogen-bond donors (Lipinski definition) is 0. The molecule has 1 aromatic carbocycles. The van der Waals surface area contributed by atoms with Crippen LogP contribution in [0.1, 0.15) is 30.7 Å². The normalized spacial score (nSPS) is 25.1. The van der Waals surface area contributed by atoms with Crippen LogP contribution in [0.5, 0.6) is 0 Å². The van der Waals surface area contributed by atoms with Gasteiger partial charge in [-0.3, -0.25) is 4.98 Å². The smallest absolute Gasteiger partial charge is 0.0702 e. The zero-order chi connectivity index (χ0) is 11.0. The van der Waals surface area contributed by atoms with Gasteiger partial charge in [-0.25, -0.2) is 0 Å². The van der Waals surface area contributed by atoms with Gasteiger partial charge >= 0.3 is 0 Å². The van der Waals surface area contributed by atoms with Gasteiger partial charge in [0.15, 0.2) is 0 Å². The number of alkyl halides is 1. The molecule has 0 spiro atoms. The van der Waals surface area contributed by atoms with E-state index >= 15 is 0 Å². The summed E-state index contributed by atoms with van der Waals surface area (Å²) in [4.78, 5) is 4.50. The predicted octanol–water partition coefficient (Wildman–Crippen LogP) is 4.11. The number of hydrogen-bond acceptors (Lipinski definition) is 1. The number of nitrogens with zero attached hydrogens (tertiary/aromatic N) is 1. The third-order valence-electron chi connectivity index (χ3n) is 3.47. The Balaban J connectivity index is 2.04. The fourth-order valence-electron chi connectivity index (χ4n) is 2.58. The Morgan fingerprint density at radius 3 is 2.88 bits per heavy atom. The van der Waals surface area contributed by atoms with Crippen LogP contribution in [-0.2, 0) is 0 Å². The lowest BCUT2D eigenvalue weighted by molar-refractivity contribution is 0.728. The lowest BCUT2D eigenvalue weighted by Gasteiger charge is -2.14. The lowest BCUT2D eigenvalue weighted by atomic mass is 9.98. The van der Waals surface area contributed by atoms with Crippen molar-refractivity contribution in [3.05, 3.63) is 42.1 Å². The van der Waals surface area contributed by atoms with Gasteiger partial charge in [0, 0.05) is 22.9 Å². The molecule has 82 valence electrons. The number of fused-ring (bicyclic) bond motifs is 1. The maximum Gasteiger partial charge on any atom is 0.0702 e. The number of pyridine rings is 1. The summed E-state index contributed by atoms with van der Waals surface area (Å²) in [7, 11) is 0. The van der Waals surface area contributed by atoms with E-state index in [-0.39, 0.29) is 0 Å². The molecule has 1 saturated carbocycles. The van der Waals surface area contributed by atoms with Gasteiger partial charge in [-0.2, -0.15) is 0 Å². The maximum atomic E-state index is 6.34. The van der Waals surface area contributed by atoms with Crippen molar-refractivity contribution >= 4 is 22.5 Å². The van der Waals surface area contributed by atoms with Crippen molar-refractivity contribution in [1.29, 1.82) is 0 Å². The second-order valence-electron chi connectivity index (χ2n) is 4.51. The van der Waals surface area contributed by atoms with E-state index in [1.807, 2.05) is 18.3 Å². The third kappa shape index (κ3) is 1.69. The zero-order valence-electron chi connectivity index (χ0n) is 9.07. The molecule has 1 nitrogen and oxygen atoms in total. The number of rotatable bonds is 1. The number of benzene rings is 1. The predicted molar refractivity (Wildman–Crippen MR) is 68.0 cm³/mol. The van der Waals surface area contributed by atoms with Crippen molar-refractivity contribution < 1.29 is 0 Å². The van der Waals surface area contributed by atoms with Gasteiger partial charge < -0.3 is 0 Å². The molecule has 0 radical (unpaired) electrons. The first-order chi connectivity index (χ1) is 7.84. The largest absolute Gasteiger partial charge is 0.256 e. The molecule has 0 saturated heterocycles. The summed E-state index contributed by atoms with van der Waals surface area (Å²) in [5.41, 5.74) is 2.37. The highest BCUT2D eigenvalue weighted by Gasteiger charge is 2.26.